The van der Waals surface area contributed by atoms with Gasteiger partial charge in [-0.15, -0.1) is 0 Å². The number of hydrogen-bond acceptors (Lipinski definition) is 4. The van der Waals surface area contributed by atoms with E-state index in [1.807, 2.05) is 48.5 Å². The van der Waals surface area contributed by atoms with E-state index < -0.39 is 5.41 Å². The van der Waals surface area contributed by atoms with E-state index in [1.165, 1.54) is 0 Å². The summed E-state index contributed by atoms with van der Waals surface area (Å²) >= 11 is 6.10. The Morgan fingerprint density at radius 2 is 2.07 bits per heavy atom. The largest absolute Gasteiger partial charge is 0.497 e. The number of rotatable bonds is 5. The van der Waals surface area contributed by atoms with Crippen LogP contribution in [0.5, 0.6) is 5.75 Å². The Bertz CT molecular complexity index is 1030. The lowest BCUT2D eigenvalue weighted by molar-refractivity contribution is -0.132. The molecule has 28 heavy (non-hydrogen) atoms. The van der Waals surface area contributed by atoms with Crippen molar-refractivity contribution in [3.8, 4) is 5.75 Å². The quantitative estimate of drug-likeness (QED) is 0.715. The number of anilines is 1. The number of benzene rings is 2. The van der Waals surface area contributed by atoms with Gasteiger partial charge < -0.3 is 15.0 Å². The molecule has 2 heterocycles. The number of ether oxygens (including phenoxy) is 1. The van der Waals surface area contributed by atoms with Crippen molar-refractivity contribution < 1.29 is 9.53 Å². The van der Waals surface area contributed by atoms with Crippen molar-refractivity contribution in [1.29, 1.82) is 0 Å². The van der Waals surface area contributed by atoms with Gasteiger partial charge in [0.1, 0.15) is 5.75 Å². The molecule has 3 aromatic rings. The highest BCUT2D eigenvalue weighted by molar-refractivity contribution is 6.31. The third-order valence-electron chi connectivity index (χ3n) is 5.39. The summed E-state index contributed by atoms with van der Waals surface area (Å²) in [6, 6.07) is 15.6. The molecule has 1 aliphatic rings. The first-order chi connectivity index (χ1) is 13.5. The summed E-state index contributed by atoms with van der Waals surface area (Å²) in [6.07, 6.45) is 2.45. The number of amides is 1. The summed E-state index contributed by atoms with van der Waals surface area (Å²) < 4.78 is 5.33. The van der Waals surface area contributed by atoms with Crippen LogP contribution in [0.3, 0.4) is 0 Å². The van der Waals surface area contributed by atoms with E-state index in [2.05, 4.69) is 15.2 Å². The normalized spacial score (nSPS) is 15.2. The third kappa shape index (κ3) is 3.27. The first-order valence-electron chi connectivity index (χ1n) is 9.19. The smallest absolute Gasteiger partial charge is 0.229 e. The second-order valence-electron chi connectivity index (χ2n) is 7.24. The highest BCUT2D eigenvalue weighted by Gasteiger charge is 2.49. The van der Waals surface area contributed by atoms with Crippen LogP contribution in [0.2, 0.25) is 5.02 Å². The molecule has 144 valence electrons. The number of nitrogens with one attached hydrogen (secondary N) is 1. The molecule has 1 N–H and O–H groups in total. The van der Waals surface area contributed by atoms with Crippen LogP contribution in [-0.4, -0.2) is 38.1 Å². The summed E-state index contributed by atoms with van der Waals surface area (Å²) in [6.45, 7) is 1.29. The number of carbonyl (C=O) groups excluding carboxylic acids is 1. The van der Waals surface area contributed by atoms with E-state index in [-0.39, 0.29) is 5.91 Å². The molecule has 1 fully saturated rings. The van der Waals surface area contributed by atoms with E-state index in [4.69, 9.17) is 16.3 Å². The fourth-order valence-electron chi connectivity index (χ4n) is 4.01. The Balaban J connectivity index is 1.62. The molecule has 0 saturated carbocycles. The van der Waals surface area contributed by atoms with Crippen molar-refractivity contribution in [2.75, 3.05) is 32.1 Å². The van der Waals surface area contributed by atoms with Crippen LogP contribution in [0.1, 0.15) is 5.56 Å². The van der Waals surface area contributed by atoms with E-state index >= 15 is 0 Å². The number of nitrogens with zero attached hydrogens (tertiary/aromatic N) is 2. The lowest BCUT2D eigenvalue weighted by Gasteiger charge is -2.50. The molecule has 0 aliphatic carbocycles. The van der Waals surface area contributed by atoms with Crippen LogP contribution in [0, 0.1) is 5.41 Å². The topological polar surface area (TPSA) is 54.5 Å². The number of carbonyl (C=O) groups is 1. The number of methoxy groups -OCH3 is 1. The van der Waals surface area contributed by atoms with Crippen LogP contribution in [0.15, 0.2) is 54.7 Å². The first kappa shape index (κ1) is 18.6. The molecule has 6 heteroatoms. The van der Waals surface area contributed by atoms with Gasteiger partial charge in [-0.25, -0.2) is 0 Å². The fourth-order valence-corrected chi connectivity index (χ4v) is 4.18. The Morgan fingerprint density at radius 3 is 2.82 bits per heavy atom. The number of hydrogen-bond donors (Lipinski definition) is 1. The molecule has 0 unspecified atom stereocenters. The molecule has 0 bridgehead atoms. The molecule has 2 aromatic carbocycles. The summed E-state index contributed by atoms with van der Waals surface area (Å²) in [7, 11) is 3.35. The molecule has 1 aromatic heterocycles. The maximum Gasteiger partial charge on any atom is 0.229 e. The van der Waals surface area contributed by atoms with Gasteiger partial charge in [0.25, 0.3) is 0 Å². The van der Waals surface area contributed by atoms with Crippen molar-refractivity contribution in [3.05, 3.63) is 65.3 Å². The molecule has 1 saturated heterocycles. The van der Waals surface area contributed by atoms with Gasteiger partial charge in [0.15, 0.2) is 0 Å². The molecule has 5 nitrogen and oxygen atoms in total. The Kier molecular flexibility index (Phi) is 4.85. The molecule has 0 spiro atoms. The third-order valence-corrected chi connectivity index (χ3v) is 5.63. The number of pyridine rings is 1. The second-order valence-corrected chi connectivity index (χ2v) is 7.67. The van der Waals surface area contributed by atoms with E-state index in [0.717, 1.165) is 27.9 Å². The molecule has 1 amide bonds. The summed E-state index contributed by atoms with van der Waals surface area (Å²) in [5.74, 6) is 0.866. The van der Waals surface area contributed by atoms with Crippen LogP contribution in [0.25, 0.3) is 10.9 Å². The Morgan fingerprint density at radius 1 is 1.25 bits per heavy atom. The zero-order valence-corrected chi connectivity index (χ0v) is 16.7. The highest BCUT2D eigenvalue weighted by atomic mass is 35.5. The van der Waals surface area contributed by atoms with Gasteiger partial charge in [-0.1, -0.05) is 23.7 Å². The average molecular weight is 396 g/mol. The van der Waals surface area contributed by atoms with Crippen molar-refractivity contribution in [3.63, 3.8) is 0 Å². The molecule has 0 atom stereocenters. The van der Waals surface area contributed by atoms with Crippen LogP contribution in [-0.2, 0) is 11.2 Å². The van der Waals surface area contributed by atoms with E-state index in [0.29, 0.717) is 24.5 Å². The zero-order valence-electron chi connectivity index (χ0n) is 15.9. The maximum absolute atomic E-state index is 12.8. The first-order valence-corrected chi connectivity index (χ1v) is 9.57. The van der Waals surface area contributed by atoms with Gasteiger partial charge in [0.2, 0.25) is 5.91 Å². The van der Waals surface area contributed by atoms with E-state index in [1.54, 1.807) is 20.4 Å². The minimum atomic E-state index is -0.469. The SMILES string of the molecule is CNC(=O)C1(Cc2cccc(OC)c2)CN(c2ccnc3cc(Cl)ccc23)C1. The molecule has 1 aliphatic heterocycles. The fraction of sp³-hybridized carbons (Fsp3) is 0.273. The second kappa shape index (κ2) is 7.32. The minimum Gasteiger partial charge on any atom is -0.497 e. The average Bonchev–Trinajstić information content (AvgIpc) is 2.69. The minimum absolute atomic E-state index is 0.0629. The standard InChI is InChI=1S/C22H22ClN3O2/c1-24-21(27)22(12-15-4-3-5-17(10-15)28-2)13-26(14-22)20-8-9-25-19-11-16(23)6-7-18(19)20/h3-11H,12-14H2,1-2H3,(H,24,27). The van der Waals surface area contributed by atoms with Crippen molar-refractivity contribution >= 4 is 34.1 Å². The zero-order chi connectivity index (χ0) is 19.7. The molecule has 0 radical (unpaired) electrons. The monoisotopic (exact) mass is 395 g/mol. The van der Waals surface area contributed by atoms with E-state index in [9.17, 15) is 4.79 Å². The summed E-state index contributed by atoms with van der Waals surface area (Å²) in [5, 5.41) is 4.55. The predicted octanol–water partition coefficient (Wildman–Crippen LogP) is 3.69. The van der Waals surface area contributed by atoms with Crippen molar-refractivity contribution in [1.82, 2.24) is 10.3 Å². The van der Waals surface area contributed by atoms with Gasteiger partial charge in [-0.05, 0) is 48.4 Å². The number of halogens is 1. The van der Waals surface area contributed by atoms with Crippen LogP contribution >= 0.6 is 11.6 Å². The molecular weight excluding hydrogens is 374 g/mol. The van der Waals surface area contributed by atoms with Crippen molar-refractivity contribution in [2.45, 2.75) is 6.42 Å². The Hall–Kier alpha value is -2.79. The highest BCUT2D eigenvalue weighted by Crippen LogP contribution is 2.40. The lowest BCUT2D eigenvalue weighted by Crippen LogP contribution is -2.64. The lowest BCUT2D eigenvalue weighted by atomic mass is 9.73. The Labute approximate surface area is 169 Å². The van der Waals surface area contributed by atoms with Crippen LogP contribution < -0.4 is 15.0 Å². The van der Waals surface area contributed by atoms with Gasteiger partial charge in [0.05, 0.1) is 18.0 Å². The maximum atomic E-state index is 12.8. The number of aromatic nitrogens is 1. The summed E-state index contributed by atoms with van der Waals surface area (Å²) in [5.41, 5.74) is 2.56. The van der Waals surface area contributed by atoms with Gasteiger partial charge in [-0.3, -0.25) is 9.78 Å². The van der Waals surface area contributed by atoms with Crippen molar-refractivity contribution in [2.24, 2.45) is 5.41 Å². The number of fused-ring (bicyclic) bond motifs is 1. The predicted molar refractivity (Wildman–Crippen MR) is 112 cm³/mol. The van der Waals surface area contributed by atoms with Crippen LogP contribution in [0.4, 0.5) is 5.69 Å². The van der Waals surface area contributed by atoms with Gasteiger partial charge in [-0.2, -0.15) is 0 Å². The summed E-state index contributed by atoms with van der Waals surface area (Å²) in [4.78, 5) is 19.4. The molecule has 4 rings (SSSR count). The van der Waals surface area contributed by atoms with Gasteiger partial charge in [0, 0.05) is 42.4 Å². The molecular formula is C22H22ClN3O2. The van der Waals surface area contributed by atoms with Gasteiger partial charge >= 0.3 is 0 Å².